The molecule has 1 heterocycles. The molecule has 1 atom stereocenters. The third kappa shape index (κ3) is 3.41. The molecule has 114 valence electrons. The van der Waals surface area contributed by atoms with Crippen LogP contribution in [0.4, 0.5) is 13.2 Å². The van der Waals surface area contributed by atoms with E-state index in [1.165, 1.54) is 25.2 Å². The average molecular weight is 301 g/mol. The Balaban J connectivity index is 2.21. The van der Waals surface area contributed by atoms with Crippen molar-refractivity contribution in [2.24, 2.45) is 0 Å². The molecule has 7 heteroatoms. The van der Waals surface area contributed by atoms with Gasteiger partial charge in [0.15, 0.2) is 0 Å². The molecular formula is C14H14F3NO3. The van der Waals surface area contributed by atoms with Gasteiger partial charge in [0.1, 0.15) is 0 Å². The van der Waals surface area contributed by atoms with Gasteiger partial charge in [-0.2, -0.15) is 13.2 Å². The van der Waals surface area contributed by atoms with E-state index in [2.05, 4.69) is 0 Å². The van der Waals surface area contributed by atoms with Crippen molar-refractivity contribution in [3.63, 3.8) is 0 Å². The minimum atomic E-state index is -4.34. The lowest BCUT2D eigenvalue weighted by Gasteiger charge is -2.24. The first kappa shape index (κ1) is 15.5. The molecule has 1 aromatic rings. The summed E-state index contributed by atoms with van der Waals surface area (Å²) in [6.07, 6.45) is -7.13. The highest BCUT2D eigenvalue weighted by Crippen LogP contribution is 2.29. The summed E-state index contributed by atoms with van der Waals surface area (Å²) in [6, 6.07) is 4.32. The maximum absolute atomic E-state index is 12.2. The summed E-state index contributed by atoms with van der Waals surface area (Å²) in [5.74, 6) is -0.844. The Morgan fingerprint density at radius 1 is 1.33 bits per heavy atom. The Kier molecular flexibility index (Phi) is 4.04. The van der Waals surface area contributed by atoms with Crippen LogP contribution in [0.2, 0.25) is 0 Å². The van der Waals surface area contributed by atoms with Gasteiger partial charge in [0, 0.05) is 19.0 Å². The second-order valence-corrected chi connectivity index (χ2v) is 5.02. The number of rotatable bonds is 3. The molecule has 2 amide bonds. The molecular weight excluding hydrogens is 287 g/mol. The van der Waals surface area contributed by atoms with E-state index in [0.29, 0.717) is 5.56 Å². The first-order valence-corrected chi connectivity index (χ1v) is 6.37. The Bertz CT molecular complexity index is 583. The number of aliphatic hydroxyl groups is 1. The normalized spacial score (nSPS) is 16.9. The summed E-state index contributed by atoms with van der Waals surface area (Å²) in [4.78, 5) is 24.5. The number of hydrogen-bond donors (Lipinski definition) is 1. The second kappa shape index (κ2) is 5.48. The predicted octanol–water partition coefficient (Wildman–Crippen LogP) is 2.22. The summed E-state index contributed by atoms with van der Waals surface area (Å²) >= 11 is 0. The zero-order valence-corrected chi connectivity index (χ0v) is 11.3. The molecule has 21 heavy (non-hydrogen) atoms. The zero-order chi connectivity index (χ0) is 15.8. The van der Waals surface area contributed by atoms with Crippen molar-refractivity contribution in [1.82, 2.24) is 4.90 Å². The topological polar surface area (TPSA) is 57.6 Å². The number of aliphatic hydroxyl groups excluding tert-OH is 1. The van der Waals surface area contributed by atoms with E-state index in [4.69, 9.17) is 0 Å². The minimum Gasteiger partial charge on any atom is -0.388 e. The highest BCUT2D eigenvalue weighted by molar-refractivity contribution is 6.09. The fourth-order valence-corrected chi connectivity index (χ4v) is 2.20. The number of imide groups is 1. The number of benzene rings is 1. The van der Waals surface area contributed by atoms with Crippen LogP contribution in [0, 0.1) is 0 Å². The molecule has 0 fully saturated rings. The smallest absolute Gasteiger partial charge is 0.388 e. The van der Waals surface area contributed by atoms with Crippen LogP contribution in [0.15, 0.2) is 18.2 Å². The van der Waals surface area contributed by atoms with Gasteiger partial charge in [-0.3, -0.25) is 14.5 Å². The first-order valence-electron chi connectivity index (χ1n) is 6.37. The molecule has 1 N–H and O–H groups in total. The van der Waals surface area contributed by atoms with Gasteiger partial charge < -0.3 is 5.11 Å². The molecule has 2 rings (SSSR count). The van der Waals surface area contributed by atoms with Crippen molar-refractivity contribution in [3.05, 3.63) is 34.9 Å². The van der Waals surface area contributed by atoms with Crippen LogP contribution in [0.1, 0.15) is 40.4 Å². The van der Waals surface area contributed by atoms with Crippen molar-refractivity contribution in [3.8, 4) is 0 Å². The third-order valence-corrected chi connectivity index (χ3v) is 3.47. The minimum absolute atomic E-state index is 0.0660. The van der Waals surface area contributed by atoms with Gasteiger partial charge >= 0.3 is 6.18 Å². The molecule has 0 aromatic heterocycles. The van der Waals surface area contributed by atoms with Crippen LogP contribution in [0.3, 0.4) is 0 Å². The molecule has 4 nitrogen and oxygen atoms in total. The Morgan fingerprint density at radius 2 is 2.00 bits per heavy atom. The molecule has 1 aliphatic heterocycles. The molecule has 0 bridgehead atoms. The predicted molar refractivity (Wildman–Crippen MR) is 67.5 cm³/mol. The number of alkyl halides is 3. The van der Waals surface area contributed by atoms with E-state index in [9.17, 15) is 27.9 Å². The summed E-state index contributed by atoms with van der Waals surface area (Å²) < 4.78 is 36.5. The quantitative estimate of drug-likeness (QED) is 0.871. The number of carbonyl (C=O) groups is 2. The van der Waals surface area contributed by atoms with Gasteiger partial charge in [-0.05, 0) is 23.6 Å². The van der Waals surface area contributed by atoms with Crippen LogP contribution >= 0.6 is 0 Å². The SMILES string of the molecule is CN1C(=O)Cc2ccc(C(O)CCC(F)(F)F)cc2C1=O. The van der Waals surface area contributed by atoms with Crippen molar-refractivity contribution in [2.75, 3.05) is 7.05 Å². The van der Waals surface area contributed by atoms with Crippen LogP contribution in [0.25, 0.3) is 0 Å². The molecule has 0 spiro atoms. The third-order valence-electron chi connectivity index (χ3n) is 3.47. The summed E-state index contributed by atoms with van der Waals surface area (Å²) in [5, 5.41) is 9.80. The second-order valence-electron chi connectivity index (χ2n) is 5.02. The molecule has 0 saturated heterocycles. The van der Waals surface area contributed by atoms with Crippen LogP contribution < -0.4 is 0 Å². The van der Waals surface area contributed by atoms with Crippen molar-refractivity contribution < 1.29 is 27.9 Å². The van der Waals surface area contributed by atoms with Gasteiger partial charge in [0.25, 0.3) is 5.91 Å². The van der Waals surface area contributed by atoms with E-state index in [1.807, 2.05) is 0 Å². The fourth-order valence-electron chi connectivity index (χ4n) is 2.20. The van der Waals surface area contributed by atoms with Crippen molar-refractivity contribution >= 4 is 11.8 Å². The average Bonchev–Trinajstić information content (AvgIpc) is 2.41. The molecule has 0 radical (unpaired) electrons. The van der Waals surface area contributed by atoms with E-state index in [0.717, 1.165) is 4.90 Å². The van der Waals surface area contributed by atoms with Crippen LogP contribution in [-0.2, 0) is 11.2 Å². The van der Waals surface area contributed by atoms with Gasteiger partial charge in [0.2, 0.25) is 5.91 Å². The first-order chi connectivity index (χ1) is 9.69. The summed E-state index contributed by atoms with van der Waals surface area (Å²) in [6.45, 7) is 0. The number of carbonyl (C=O) groups excluding carboxylic acids is 2. The maximum Gasteiger partial charge on any atom is 0.389 e. The Morgan fingerprint density at radius 3 is 2.62 bits per heavy atom. The number of amides is 2. The van der Waals surface area contributed by atoms with Gasteiger partial charge in [0.05, 0.1) is 12.5 Å². The highest BCUT2D eigenvalue weighted by atomic mass is 19.4. The van der Waals surface area contributed by atoms with Gasteiger partial charge in [-0.25, -0.2) is 0 Å². The molecule has 0 saturated carbocycles. The molecule has 1 aliphatic rings. The van der Waals surface area contributed by atoms with Gasteiger partial charge in [-0.15, -0.1) is 0 Å². The van der Waals surface area contributed by atoms with Crippen LogP contribution in [-0.4, -0.2) is 35.0 Å². The maximum atomic E-state index is 12.2. The molecule has 0 aliphatic carbocycles. The number of fused-ring (bicyclic) bond motifs is 1. The highest BCUT2D eigenvalue weighted by Gasteiger charge is 2.30. The van der Waals surface area contributed by atoms with Crippen molar-refractivity contribution in [2.45, 2.75) is 31.5 Å². The zero-order valence-electron chi connectivity index (χ0n) is 11.3. The standard InChI is InChI=1S/C14H14F3NO3/c1-18-12(20)7-8-2-3-9(6-10(8)13(18)21)11(19)4-5-14(15,16)17/h2-3,6,11,19H,4-5,7H2,1H3. The Hall–Kier alpha value is -1.89. The fraction of sp³-hybridized carbons (Fsp3) is 0.429. The van der Waals surface area contributed by atoms with Gasteiger partial charge in [-0.1, -0.05) is 12.1 Å². The van der Waals surface area contributed by atoms with E-state index < -0.39 is 31.0 Å². The number of halogens is 3. The van der Waals surface area contributed by atoms with E-state index in [-0.39, 0.29) is 23.5 Å². The molecule has 1 aromatic carbocycles. The van der Waals surface area contributed by atoms with Crippen LogP contribution in [0.5, 0.6) is 0 Å². The lowest BCUT2D eigenvalue weighted by molar-refractivity contribution is -0.140. The van der Waals surface area contributed by atoms with E-state index >= 15 is 0 Å². The lowest BCUT2D eigenvalue weighted by atomic mass is 9.94. The Labute approximate surface area is 119 Å². The lowest BCUT2D eigenvalue weighted by Crippen LogP contribution is -2.39. The number of nitrogens with zero attached hydrogens (tertiary/aromatic N) is 1. The summed E-state index contributed by atoms with van der Waals surface area (Å²) in [7, 11) is 1.35. The van der Waals surface area contributed by atoms with E-state index in [1.54, 1.807) is 0 Å². The number of likely N-dealkylation sites (N-methyl/N-ethyl adjacent to an activating group) is 1. The summed E-state index contributed by atoms with van der Waals surface area (Å²) in [5.41, 5.74) is 1.02. The number of hydrogen-bond acceptors (Lipinski definition) is 3. The monoisotopic (exact) mass is 301 g/mol. The largest absolute Gasteiger partial charge is 0.389 e. The van der Waals surface area contributed by atoms with Crippen molar-refractivity contribution in [1.29, 1.82) is 0 Å². The molecule has 1 unspecified atom stereocenters.